The van der Waals surface area contributed by atoms with E-state index in [-0.39, 0.29) is 25.1 Å². The summed E-state index contributed by atoms with van der Waals surface area (Å²) in [6.45, 7) is 0.822. The molecular weight excluding hydrogens is 348 g/mol. The Kier molecular flexibility index (Phi) is 5.88. The highest BCUT2D eigenvalue weighted by Gasteiger charge is 2.21. The van der Waals surface area contributed by atoms with E-state index in [0.29, 0.717) is 30.2 Å². The first-order valence-corrected chi connectivity index (χ1v) is 8.51. The highest BCUT2D eigenvalue weighted by Crippen LogP contribution is 2.20. The van der Waals surface area contributed by atoms with Crippen molar-refractivity contribution in [2.24, 2.45) is 0 Å². The lowest BCUT2D eigenvalue weighted by Gasteiger charge is -2.15. The van der Waals surface area contributed by atoms with E-state index >= 15 is 0 Å². The Balaban J connectivity index is 1.45. The second-order valence-corrected chi connectivity index (χ2v) is 5.86. The van der Waals surface area contributed by atoms with Gasteiger partial charge in [-0.25, -0.2) is 4.79 Å². The third-order valence-corrected chi connectivity index (χ3v) is 3.86. The molecule has 3 rings (SSSR count). The summed E-state index contributed by atoms with van der Waals surface area (Å²) in [6, 6.07) is 15.8. The van der Waals surface area contributed by atoms with Crippen molar-refractivity contribution < 1.29 is 19.1 Å². The number of anilines is 2. The van der Waals surface area contributed by atoms with Crippen molar-refractivity contribution in [3.8, 4) is 5.75 Å². The third-order valence-electron chi connectivity index (χ3n) is 3.86. The van der Waals surface area contributed by atoms with Gasteiger partial charge in [0.25, 0.3) is 5.91 Å². The van der Waals surface area contributed by atoms with E-state index in [4.69, 9.17) is 4.74 Å². The summed E-state index contributed by atoms with van der Waals surface area (Å²) in [7, 11) is 0. The first-order chi connectivity index (χ1) is 13.1. The number of nitrogens with one attached hydrogen (secondary N) is 3. The van der Waals surface area contributed by atoms with Crippen LogP contribution in [0.2, 0.25) is 0 Å². The Hall–Kier alpha value is -3.55. The topological polar surface area (TPSA) is 99.8 Å². The molecule has 0 saturated carbocycles. The van der Waals surface area contributed by atoms with Gasteiger partial charge in [-0.3, -0.25) is 14.5 Å². The van der Waals surface area contributed by atoms with Gasteiger partial charge in [0.1, 0.15) is 5.75 Å². The Morgan fingerprint density at radius 3 is 2.63 bits per heavy atom. The molecular formula is C19H20N4O4. The monoisotopic (exact) mass is 368 g/mol. The van der Waals surface area contributed by atoms with Crippen molar-refractivity contribution in [3.05, 3.63) is 54.6 Å². The van der Waals surface area contributed by atoms with Crippen LogP contribution in [0.5, 0.6) is 5.75 Å². The molecule has 4 amide bonds. The predicted molar refractivity (Wildman–Crippen MR) is 101 cm³/mol. The van der Waals surface area contributed by atoms with Crippen LogP contribution in [0.1, 0.15) is 0 Å². The van der Waals surface area contributed by atoms with E-state index in [2.05, 4.69) is 16.0 Å². The molecule has 0 unspecified atom stereocenters. The van der Waals surface area contributed by atoms with Gasteiger partial charge in [-0.05, 0) is 30.3 Å². The number of urea groups is 1. The maximum Gasteiger partial charge on any atom is 0.321 e. The van der Waals surface area contributed by atoms with Gasteiger partial charge in [-0.1, -0.05) is 24.3 Å². The van der Waals surface area contributed by atoms with E-state index in [9.17, 15) is 14.4 Å². The first-order valence-electron chi connectivity index (χ1n) is 8.51. The molecule has 1 aliphatic heterocycles. The molecule has 0 radical (unpaired) electrons. The van der Waals surface area contributed by atoms with Crippen LogP contribution in [0.3, 0.4) is 0 Å². The van der Waals surface area contributed by atoms with E-state index in [1.165, 1.54) is 0 Å². The largest absolute Gasteiger partial charge is 0.484 e. The van der Waals surface area contributed by atoms with Gasteiger partial charge in [-0.15, -0.1) is 0 Å². The minimum absolute atomic E-state index is 0.163. The second-order valence-electron chi connectivity index (χ2n) is 5.86. The molecule has 0 bridgehead atoms. The molecule has 27 heavy (non-hydrogen) atoms. The maximum atomic E-state index is 12.0. The zero-order valence-electron chi connectivity index (χ0n) is 14.6. The van der Waals surface area contributed by atoms with Gasteiger partial charge in [0.15, 0.2) is 6.61 Å². The number of para-hydroxylation sites is 1. The molecule has 2 aromatic carbocycles. The zero-order valence-corrected chi connectivity index (χ0v) is 14.6. The maximum absolute atomic E-state index is 12.0. The zero-order chi connectivity index (χ0) is 19.1. The van der Waals surface area contributed by atoms with Crippen LogP contribution in [-0.4, -0.2) is 44.1 Å². The minimum Gasteiger partial charge on any atom is -0.484 e. The standard InChI is InChI=1S/C19H20N4O4/c24-17(12-21-18(25)13-27-16-7-2-1-3-8-16)22-14-5-4-6-15(11-14)23-10-9-20-19(23)26/h1-8,11H,9-10,12-13H2,(H,20,26)(H,21,25)(H,22,24). The van der Waals surface area contributed by atoms with Crippen molar-refractivity contribution >= 4 is 29.2 Å². The SMILES string of the molecule is O=C(COc1ccccc1)NCC(=O)Nc1cccc(N2CCNC2=O)c1. The van der Waals surface area contributed by atoms with Crippen LogP contribution < -0.4 is 25.6 Å². The number of amides is 4. The van der Waals surface area contributed by atoms with Crippen molar-refractivity contribution in [3.63, 3.8) is 0 Å². The Morgan fingerprint density at radius 1 is 1.07 bits per heavy atom. The van der Waals surface area contributed by atoms with Crippen molar-refractivity contribution in [1.82, 2.24) is 10.6 Å². The van der Waals surface area contributed by atoms with Gasteiger partial charge in [0, 0.05) is 24.5 Å². The van der Waals surface area contributed by atoms with E-state index in [1.54, 1.807) is 53.4 Å². The number of benzene rings is 2. The quantitative estimate of drug-likeness (QED) is 0.687. The van der Waals surface area contributed by atoms with Gasteiger partial charge in [0.2, 0.25) is 5.91 Å². The number of nitrogens with zero attached hydrogens (tertiary/aromatic N) is 1. The Labute approximate surface area is 156 Å². The van der Waals surface area contributed by atoms with E-state index < -0.39 is 5.91 Å². The van der Waals surface area contributed by atoms with Gasteiger partial charge < -0.3 is 20.7 Å². The molecule has 1 heterocycles. The van der Waals surface area contributed by atoms with Gasteiger partial charge >= 0.3 is 6.03 Å². The average Bonchev–Trinajstić information content (AvgIpc) is 3.12. The fourth-order valence-corrected chi connectivity index (χ4v) is 2.57. The molecule has 140 valence electrons. The summed E-state index contributed by atoms with van der Waals surface area (Å²) in [5, 5.41) is 7.92. The number of ether oxygens (including phenoxy) is 1. The summed E-state index contributed by atoms with van der Waals surface area (Å²) < 4.78 is 5.31. The average molecular weight is 368 g/mol. The molecule has 2 aromatic rings. The molecule has 0 aromatic heterocycles. The van der Waals surface area contributed by atoms with Crippen LogP contribution in [0, 0.1) is 0 Å². The van der Waals surface area contributed by atoms with Gasteiger partial charge in [0.05, 0.1) is 6.54 Å². The Bertz CT molecular complexity index is 825. The minimum atomic E-state index is -0.392. The smallest absolute Gasteiger partial charge is 0.321 e. The van der Waals surface area contributed by atoms with Crippen LogP contribution >= 0.6 is 0 Å². The lowest BCUT2D eigenvalue weighted by atomic mass is 10.2. The summed E-state index contributed by atoms with van der Waals surface area (Å²) in [5.74, 6) is -0.178. The molecule has 1 aliphatic rings. The summed E-state index contributed by atoms with van der Waals surface area (Å²) in [4.78, 5) is 37.1. The summed E-state index contributed by atoms with van der Waals surface area (Å²) in [6.07, 6.45) is 0. The highest BCUT2D eigenvalue weighted by atomic mass is 16.5. The second kappa shape index (κ2) is 8.70. The van der Waals surface area contributed by atoms with Crippen molar-refractivity contribution in [2.75, 3.05) is 36.5 Å². The Morgan fingerprint density at radius 2 is 1.89 bits per heavy atom. The van der Waals surface area contributed by atoms with Crippen molar-refractivity contribution in [2.45, 2.75) is 0 Å². The molecule has 1 saturated heterocycles. The normalized spacial score (nSPS) is 13.0. The summed E-state index contributed by atoms with van der Waals surface area (Å²) >= 11 is 0. The molecule has 0 atom stereocenters. The molecule has 8 nitrogen and oxygen atoms in total. The number of hydrogen-bond acceptors (Lipinski definition) is 4. The van der Waals surface area contributed by atoms with Crippen LogP contribution in [0.4, 0.5) is 16.2 Å². The van der Waals surface area contributed by atoms with Crippen LogP contribution in [-0.2, 0) is 9.59 Å². The third kappa shape index (κ3) is 5.21. The number of rotatable bonds is 7. The van der Waals surface area contributed by atoms with E-state index in [1.807, 2.05) is 6.07 Å². The first kappa shape index (κ1) is 18.2. The molecule has 8 heteroatoms. The predicted octanol–water partition coefficient (Wildman–Crippen LogP) is 1.35. The number of hydrogen-bond donors (Lipinski definition) is 3. The lowest BCUT2D eigenvalue weighted by molar-refractivity contribution is -0.125. The fourth-order valence-electron chi connectivity index (χ4n) is 2.57. The van der Waals surface area contributed by atoms with Crippen LogP contribution in [0.25, 0.3) is 0 Å². The lowest BCUT2D eigenvalue weighted by Crippen LogP contribution is -2.35. The number of carbonyl (C=O) groups is 3. The number of carbonyl (C=O) groups excluding carboxylic acids is 3. The molecule has 0 aliphatic carbocycles. The van der Waals surface area contributed by atoms with E-state index in [0.717, 1.165) is 0 Å². The highest BCUT2D eigenvalue weighted by molar-refractivity contribution is 5.97. The van der Waals surface area contributed by atoms with Gasteiger partial charge in [-0.2, -0.15) is 0 Å². The van der Waals surface area contributed by atoms with Crippen LogP contribution in [0.15, 0.2) is 54.6 Å². The summed E-state index contributed by atoms with van der Waals surface area (Å²) in [5.41, 5.74) is 1.25. The fraction of sp³-hybridized carbons (Fsp3) is 0.211. The molecule has 0 spiro atoms. The molecule has 1 fully saturated rings. The molecule has 3 N–H and O–H groups in total. The van der Waals surface area contributed by atoms with Crippen molar-refractivity contribution in [1.29, 1.82) is 0 Å².